The molecule has 218 valence electrons. The summed E-state index contributed by atoms with van der Waals surface area (Å²) >= 11 is 0. The van der Waals surface area contributed by atoms with Crippen LogP contribution in [0.4, 0.5) is 33.3 Å². The average molecular weight is 572 g/mol. The van der Waals surface area contributed by atoms with Crippen LogP contribution < -0.4 is 21.3 Å². The fraction of sp³-hybridized carbons (Fsp3) is 0.400. The van der Waals surface area contributed by atoms with Gasteiger partial charge in [-0.15, -0.1) is 5.10 Å². The van der Waals surface area contributed by atoms with Gasteiger partial charge in [-0.05, 0) is 61.9 Å². The number of nitrogens with one attached hydrogen (secondary N) is 2. The van der Waals surface area contributed by atoms with Gasteiger partial charge in [-0.2, -0.15) is 9.67 Å². The van der Waals surface area contributed by atoms with Crippen molar-refractivity contribution in [2.75, 3.05) is 60.5 Å². The van der Waals surface area contributed by atoms with E-state index in [1.165, 1.54) is 17.2 Å². The third kappa shape index (κ3) is 4.85. The van der Waals surface area contributed by atoms with Crippen LogP contribution in [0.2, 0.25) is 0 Å². The molecule has 2 aromatic heterocycles. The molecule has 3 aromatic rings. The quantitative estimate of drug-likeness (QED) is 0.333. The molecule has 2 bridgehead atoms. The molecule has 0 radical (unpaired) electrons. The molecule has 1 unspecified atom stereocenters. The fourth-order valence-corrected chi connectivity index (χ4v) is 6.57. The van der Waals surface area contributed by atoms with Crippen molar-refractivity contribution in [2.45, 2.75) is 37.5 Å². The lowest BCUT2D eigenvalue weighted by Gasteiger charge is -2.40. The summed E-state index contributed by atoms with van der Waals surface area (Å²) < 4.78 is 16.7. The Morgan fingerprint density at radius 1 is 1.17 bits per heavy atom. The van der Waals surface area contributed by atoms with E-state index in [0.29, 0.717) is 43.4 Å². The van der Waals surface area contributed by atoms with Crippen LogP contribution >= 0.6 is 0 Å². The summed E-state index contributed by atoms with van der Waals surface area (Å²) in [7, 11) is 0. The smallest absolute Gasteiger partial charge is 0.317 e. The predicted octanol–water partition coefficient (Wildman–Crippen LogP) is 3.61. The van der Waals surface area contributed by atoms with E-state index in [9.17, 15) is 4.79 Å². The van der Waals surface area contributed by atoms with Gasteiger partial charge in [0.15, 0.2) is 5.82 Å². The third-order valence-electron chi connectivity index (χ3n) is 8.84. The highest BCUT2D eigenvalue weighted by molar-refractivity contribution is 5.69. The number of hydrogen-bond donors (Lipinski definition) is 4. The first-order valence-electron chi connectivity index (χ1n) is 14.5. The van der Waals surface area contributed by atoms with Crippen LogP contribution in [0.5, 0.6) is 0 Å². The highest BCUT2D eigenvalue weighted by atomic mass is 19.1. The number of allylic oxidation sites excluding steroid dienone is 4. The zero-order valence-corrected chi connectivity index (χ0v) is 23.3. The van der Waals surface area contributed by atoms with Crippen LogP contribution in [0.25, 0.3) is 5.82 Å². The van der Waals surface area contributed by atoms with Gasteiger partial charge in [0.2, 0.25) is 11.9 Å². The Kier molecular flexibility index (Phi) is 6.57. The predicted molar refractivity (Wildman–Crippen MR) is 159 cm³/mol. The monoisotopic (exact) mass is 571 g/mol. The molecule has 0 saturated carbocycles. The van der Waals surface area contributed by atoms with Crippen LogP contribution in [0, 0.1) is 5.82 Å². The maximum Gasteiger partial charge on any atom is 0.317 e. The molecular formula is C30H34FN9O2. The third-order valence-corrected chi connectivity index (χ3v) is 8.84. The number of nitrogen functional groups attached to an aromatic ring is 1. The first-order chi connectivity index (χ1) is 20.4. The number of anilines is 5. The highest BCUT2D eigenvalue weighted by Gasteiger charge is 2.38. The Morgan fingerprint density at radius 2 is 2.02 bits per heavy atom. The maximum absolute atomic E-state index is 15.2. The molecule has 0 amide bonds. The number of benzene rings is 1. The molecule has 5 aliphatic rings. The van der Waals surface area contributed by atoms with Crippen molar-refractivity contribution in [1.82, 2.24) is 24.6 Å². The van der Waals surface area contributed by atoms with Gasteiger partial charge in [-0.1, -0.05) is 23.8 Å². The van der Waals surface area contributed by atoms with Gasteiger partial charge in [-0.3, -0.25) is 9.69 Å². The zero-order valence-electron chi connectivity index (χ0n) is 23.3. The van der Waals surface area contributed by atoms with Crippen molar-refractivity contribution in [3.63, 3.8) is 0 Å². The van der Waals surface area contributed by atoms with E-state index in [4.69, 9.17) is 15.8 Å². The Hall–Kier alpha value is -4.45. The molecule has 8 rings (SSSR count). The summed E-state index contributed by atoms with van der Waals surface area (Å²) in [6, 6.07) is 7.00. The van der Waals surface area contributed by atoms with E-state index < -0.39 is 5.97 Å². The van der Waals surface area contributed by atoms with Crippen molar-refractivity contribution >= 4 is 34.9 Å². The molecule has 5 N–H and O–H groups in total. The van der Waals surface area contributed by atoms with Crippen molar-refractivity contribution < 1.29 is 14.3 Å². The van der Waals surface area contributed by atoms with E-state index in [-0.39, 0.29) is 29.7 Å². The Bertz CT molecular complexity index is 1610. The molecule has 42 heavy (non-hydrogen) atoms. The largest absolute Gasteiger partial charge is 0.480 e. The van der Waals surface area contributed by atoms with Crippen molar-refractivity contribution in [3.05, 3.63) is 65.1 Å². The van der Waals surface area contributed by atoms with E-state index in [0.717, 1.165) is 50.0 Å². The number of piperazine rings is 1. The maximum atomic E-state index is 15.2. The number of pyridine rings is 1. The Morgan fingerprint density at radius 3 is 2.74 bits per heavy atom. The number of nitrogens with two attached hydrogens (primary N) is 1. The molecular weight excluding hydrogens is 537 g/mol. The molecule has 1 aromatic carbocycles. The summed E-state index contributed by atoms with van der Waals surface area (Å²) in [5, 5.41) is 20.3. The number of nitrogens with zero attached hydrogens (tertiary/aromatic N) is 6. The lowest BCUT2D eigenvalue weighted by Crippen LogP contribution is -2.48. The summed E-state index contributed by atoms with van der Waals surface area (Å²) in [4.78, 5) is 24.1. The van der Waals surface area contributed by atoms with Crippen molar-refractivity contribution in [3.8, 4) is 5.82 Å². The first-order valence-corrected chi connectivity index (χ1v) is 14.5. The van der Waals surface area contributed by atoms with Gasteiger partial charge in [0.25, 0.3) is 0 Å². The van der Waals surface area contributed by atoms with Crippen molar-refractivity contribution in [1.29, 1.82) is 0 Å². The van der Waals surface area contributed by atoms with Gasteiger partial charge >= 0.3 is 5.97 Å². The minimum atomic E-state index is -0.854. The second kappa shape index (κ2) is 10.4. The number of halogens is 1. The Balaban J connectivity index is 1.12. The topological polar surface area (TPSA) is 137 Å². The number of aryl methyl sites for hydroxylation is 1. The summed E-state index contributed by atoms with van der Waals surface area (Å²) in [6.45, 7) is 3.17. The number of carboxylic acid groups (broad SMARTS) is 1. The SMILES string of the molecule is Nc1nc(Nc2ccc(N3CCN(CC(=O)O)CC3)c(F)c2)nn1-c1cc(C23C=CC(=CC2)CC3)c2c(n1)CCCN2. The molecule has 1 saturated heterocycles. The summed E-state index contributed by atoms with van der Waals surface area (Å²) in [5.41, 5.74) is 12.0. The normalized spacial score (nSPS) is 21.5. The number of carboxylic acids is 1. The number of aliphatic carboxylic acids is 1. The minimum Gasteiger partial charge on any atom is -0.480 e. The Labute approximate surface area is 242 Å². The average Bonchev–Trinajstić information content (AvgIpc) is 3.37. The second-order valence-electron chi connectivity index (χ2n) is 11.5. The number of aromatic nitrogens is 4. The molecule has 4 heterocycles. The van der Waals surface area contributed by atoms with Gasteiger partial charge in [-0.25, -0.2) is 9.37 Å². The summed E-state index contributed by atoms with van der Waals surface area (Å²) in [5.74, 6) is -0.165. The standard InChI is InChI=1S/C30H34FN9O2/c31-22-16-20(3-4-24(22)39-14-12-38(13-15-39)18-26(41)42)34-29-36-28(32)40(37-29)25-17-21(27-23(35-25)2-1-11-33-27)30-8-5-19(6-9-30)7-10-30/h3-6,8,16-17,33H,1-2,7,9-15,18H2,(H,41,42)(H3,32,34,36,37). The van der Waals surface area contributed by atoms with E-state index >= 15 is 4.39 Å². The molecule has 11 nitrogen and oxygen atoms in total. The van der Waals surface area contributed by atoms with Crippen molar-refractivity contribution in [2.24, 2.45) is 0 Å². The molecule has 0 spiro atoms. The minimum absolute atomic E-state index is 0.00274. The zero-order chi connectivity index (χ0) is 28.8. The van der Waals surface area contributed by atoms with Crippen LogP contribution in [-0.2, 0) is 16.6 Å². The lowest BCUT2D eigenvalue weighted by molar-refractivity contribution is -0.138. The number of carbonyl (C=O) groups is 1. The van der Waals surface area contributed by atoms with Gasteiger partial charge < -0.3 is 26.4 Å². The van der Waals surface area contributed by atoms with Gasteiger partial charge in [0.05, 0.1) is 23.6 Å². The van der Waals surface area contributed by atoms with Gasteiger partial charge in [0.1, 0.15) is 5.82 Å². The molecule has 12 heteroatoms. The van der Waals surface area contributed by atoms with Crippen LogP contribution in [-0.4, -0.2) is 75.0 Å². The lowest BCUT2D eigenvalue weighted by atomic mass is 9.65. The van der Waals surface area contributed by atoms with Crippen LogP contribution in [0.3, 0.4) is 0 Å². The van der Waals surface area contributed by atoms with Gasteiger partial charge in [0, 0.05) is 43.8 Å². The van der Waals surface area contributed by atoms with E-state index in [1.807, 2.05) is 9.80 Å². The van der Waals surface area contributed by atoms with E-state index in [2.05, 4.69) is 45.0 Å². The number of hydrogen-bond acceptors (Lipinski definition) is 9. The molecule has 3 aliphatic carbocycles. The molecule has 2 aliphatic heterocycles. The molecule has 1 atom stereocenters. The highest BCUT2D eigenvalue weighted by Crippen LogP contribution is 2.48. The first kappa shape index (κ1) is 26.4. The van der Waals surface area contributed by atoms with E-state index in [1.54, 1.807) is 16.8 Å². The van der Waals surface area contributed by atoms with Crippen LogP contribution in [0.15, 0.2) is 48.1 Å². The summed E-state index contributed by atoms with van der Waals surface area (Å²) in [6.07, 6.45) is 11.9. The van der Waals surface area contributed by atoms with Crippen LogP contribution in [0.1, 0.15) is 36.9 Å². The fourth-order valence-electron chi connectivity index (χ4n) is 6.57. The second-order valence-corrected chi connectivity index (χ2v) is 11.5. The number of fused-ring (bicyclic) bond motifs is 3. The number of rotatable bonds is 7. The molecule has 1 fully saturated rings.